The smallest absolute Gasteiger partial charge is 0.141 e. The van der Waals surface area contributed by atoms with Gasteiger partial charge in [0.1, 0.15) is 11.4 Å². The summed E-state index contributed by atoms with van der Waals surface area (Å²) in [5.74, 6) is 0.230. The molecule has 1 rings (SSSR count). The van der Waals surface area contributed by atoms with Crippen LogP contribution in [0.5, 0.6) is 5.75 Å². The number of pyridine rings is 1. The Balaban J connectivity index is 0.000000671. The highest BCUT2D eigenvalue weighted by Gasteiger charge is 1.94. The molecule has 2 nitrogen and oxygen atoms in total. The van der Waals surface area contributed by atoms with E-state index in [9.17, 15) is 5.11 Å². The minimum Gasteiger partial charge on any atom is -0.506 e. The van der Waals surface area contributed by atoms with E-state index in [1.54, 1.807) is 18.3 Å². The van der Waals surface area contributed by atoms with Crippen LogP contribution in [0.15, 0.2) is 23.9 Å². The van der Waals surface area contributed by atoms with E-state index in [1.807, 2.05) is 33.8 Å². The van der Waals surface area contributed by atoms with Gasteiger partial charge in [-0.1, -0.05) is 19.4 Å². The van der Waals surface area contributed by atoms with Crippen molar-refractivity contribution in [1.82, 2.24) is 4.98 Å². The Morgan fingerprint density at radius 3 is 2.46 bits per heavy atom. The Morgan fingerprint density at radius 2 is 2.00 bits per heavy atom. The van der Waals surface area contributed by atoms with Crippen molar-refractivity contribution in [3.63, 3.8) is 0 Å². The monoisotopic (exact) mass is 179 g/mol. The Labute approximate surface area is 80.0 Å². The van der Waals surface area contributed by atoms with Crippen molar-refractivity contribution in [2.24, 2.45) is 0 Å². The van der Waals surface area contributed by atoms with Crippen LogP contribution >= 0.6 is 0 Å². The zero-order chi connectivity index (χ0) is 10.3. The number of allylic oxidation sites excluding steroid dienone is 1. The molecule has 0 aliphatic carbocycles. The first-order chi connectivity index (χ1) is 6.20. The standard InChI is InChI=1S/C9H11NO.C2H6/c1-7(2)6-8-9(11)4-3-5-10-8;1-2/h3-6,11H,1-2H3;1-2H3. The maximum atomic E-state index is 9.25. The molecule has 2 heteroatoms. The third-order valence-corrected chi connectivity index (χ3v) is 1.24. The van der Waals surface area contributed by atoms with Gasteiger partial charge in [0.15, 0.2) is 0 Å². The first-order valence-corrected chi connectivity index (χ1v) is 4.49. The fourth-order valence-electron chi connectivity index (χ4n) is 0.794. The number of nitrogens with zero attached hydrogens (tertiary/aromatic N) is 1. The Bertz CT molecular complexity index is 275. The predicted octanol–water partition coefficient (Wildman–Crippen LogP) is 3.24. The molecule has 13 heavy (non-hydrogen) atoms. The van der Waals surface area contributed by atoms with Crippen molar-refractivity contribution >= 4 is 6.08 Å². The molecule has 0 aromatic carbocycles. The summed E-state index contributed by atoms with van der Waals surface area (Å²) in [7, 11) is 0. The van der Waals surface area contributed by atoms with Gasteiger partial charge in [-0.25, -0.2) is 0 Å². The van der Waals surface area contributed by atoms with Crippen LogP contribution in [0.1, 0.15) is 33.4 Å². The van der Waals surface area contributed by atoms with Gasteiger partial charge >= 0.3 is 0 Å². The van der Waals surface area contributed by atoms with Crippen LogP contribution in [0, 0.1) is 0 Å². The van der Waals surface area contributed by atoms with Gasteiger partial charge in [-0.05, 0) is 32.1 Å². The van der Waals surface area contributed by atoms with Gasteiger partial charge < -0.3 is 5.11 Å². The van der Waals surface area contributed by atoms with E-state index in [1.165, 1.54) is 0 Å². The molecule has 72 valence electrons. The highest BCUT2D eigenvalue weighted by atomic mass is 16.3. The van der Waals surface area contributed by atoms with Crippen molar-refractivity contribution in [3.8, 4) is 5.75 Å². The Morgan fingerprint density at radius 1 is 1.38 bits per heavy atom. The molecule has 0 aliphatic rings. The van der Waals surface area contributed by atoms with Crippen LogP contribution < -0.4 is 0 Å². The Hall–Kier alpha value is -1.31. The lowest BCUT2D eigenvalue weighted by Gasteiger charge is -1.96. The van der Waals surface area contributed by atoms with Gasteiger partial charge in [0.05, 0.1) is 0 Å². The largest absolute Gasteiger partial charge is 0.506 e. The van der Waals surface area contributed by atoms with Crippen molar-refractivity contribution in [1.29, 1.82) is 0 Å². The second-order valence-corrected chi connectivity index (χ2v) is 2.63. The molecule has 0 saturated heterocycles. The molecule has 0 bridgehead atoms. The van der Waals surface area contributed by atoms with Gasteiger partial charge in [0.2, 0.25) is 0 Å². The van der Waals surface area contributed by atoms with Crippen LogP contribution in [-0.2, 0) is 0 Å². The SMILES string of the molecule is CC.CC(C)=Cc1ncccc1O. The number of rotatable bonds is 1. The molecule has 0 atom stereocenters. The molecule has 0 unspecified atom stereocenters. The fraction of sp³-hybridized carbons (Fsp3) is 0.364. The van der Waals surface area contributed by atoms with Crippen LogP contribution in [0.3, 0.4) is 0 Å². The van der Waals surface area contributed by atoms with Crippen molar-refractivity contribution in [3.05, 3.63) is 29.6 Å². The third-order valence-electron chi connectivity index (χ3n) is 1.24. The van der Waals surface area contributed by atoms with E-state index in [2.05, 4.69) is 4.98 Å². The second kappa shape index (κ2) is 6.23. The van der Waals surface area contributed by atoms with E-state index >= 15 is 0 Å². The van der Waals surface area contributed by atoms with Crippen molar-refractivity contribution in [2.75, 3.05) is 0 Å². The first kappa shape index (κ1) is 11.7. The van der Waals surface area contributed by atoms with E-state index < -0.39 is 0 Å². The summed E-state index contributed by atoms with van der Waals surface area (Å²) in [4.78, 5) is 3.99. The number of aromatic nitrogens is 1. The molecule has 0 fully saturated rings. The summed E-state index contributed by atoms with van der Waals surface area (Å²) in [6, 6.07) is 3.33. The van der Waals surface area contributed by atoms with Gasteiger partial charge in [-0.2, -0.15) is 0 Å². The molecule has 0 spiro atoms. The summed E-state index contributed by atoms with van der Waals surface area (Å²) in [5, 5.41) is 9.25. The normalized spacial score (nSPS) is 8.31. The lowest BCUT2D eigenvalue weighted by atomic mass is 10.2. The van der Waals surface area contributed by atoms with E-state index in [0.717, 1.165) is 5.57 Å². The summed E-state index contributed by atoms with van der Waals surface area (Å²) in [5.41, 5.74) is 1.76. The predicted molar refractivity (Wildman–Crippen MR) is 56.6 cm³/mol. The number of aromatic hydroxyl groups is 1. The summed E-state index contributed by atoms with van der Waals surface area (Å²) in [6.45, 7) is 7.93. The van der Waals surface area contributed by atoms with Gasteiger partial charge in [0.25, 0.3) is 0 Å². The first-order valence-electron chi connectivity index (χ1n) is 4.49. The van der Waals surface area contributed by atoms with Gasteiger partial charge in [-0.3, -0.25) is 4.98 Å². The van der Waals surface area contributed by atoms with Crippen molar-refractivity contribution in [2.45, 2.75) is 27.7 Å². The molecule has 1 heterocycles. The minimum absolute atomic E-state index is 0.230. The number of hydrogen-bond donors (Lipinski definition) is 1. The van der Waals surface area contributed by atoms with Gasteiger partial charge in [0, 0.05) is 6.20 Å². The average Bonchev–Trinajstić information content (AvgIpc) is 2.12. The Kier molecular flexibility index (Phi) is 5.60. The quantitative estimate of drug-likeness (QED) is 0.718. The average molecular weight is 179 g/mol. The molecule has 1 N–H and O–H groups in total. The third kappa shape index (κ3) is 4.31. The van der Waals surface area contributed by atoms with Crippen LogP contribution in [0.2, 0.25) is 0 Å². The molecule has 0 radical (unpaired) electrons. The second-order valence-electron chi connectivity index (χ2n) is 2.63. The highest BCUT2D eigenvalue weighted by Crippen LogP contribution is 2.15. The molecule has 1 aromatic heterocycles. The van der Waals surface area contributed by atoms with Gasteiger partial charge in [-0.15, -0.1) is 0 Å². The zero-order valence-electron chi connectivity index (χ0n) is 8.70. The van der Waals surface area contributed by atoms with E-state index in [-0.39, 0.29) is 5.75 Å². The van der Waals surface area contributed by atoms with Crippen LogP contribution in [0.25, 0.3) is 6.08 Å². The molecule has 1 aromatic rings. The topological polar surface area (TPSA) is 33.1 Å². The highest BCUT2D eigenvalue weighted by molar-refractivity contribution is 5.54. The maximum absolute atomic E-state index is 9.25. The maximum Gasteiger partial charge on any atom is 0.141 e. The molecule has 0 saturated carbocycles. The zero-order valence-corrected chi connectivity index (χ0v) is 8.70. The minimum atomic E-state index is 0.230. The molecular weight excluding hydrogens is 162 g/mol. The number of hydrogen-bond acceptors (Lipinski definition) is 2. The lowest BCUT2D eigenvalue weighted by molar-refractivity contribution is 0.471. The lowest BCUT2D eigenvalue weighted by Crippen LogP contribution is -1.80. The van der Waals surface area contributed by atoms with E-state index in [0.29, 0.717) is 5.69 Å². The summed E-state index contributed by atoms with van der Waals surface area (Å²) < 4.78 is 0. The van der Waals surface area contributed by atoms with Crippen LogP contribution in [-0.4, -0.2) is 10.1 Å². The van der Waals surface area contributed by atoms with Crippen LogP contribution in [0.4, 0.5) is 0 Å². The molecular formula is C11H17NO. The fourth-order valence-corrected chi connectivity index (χ4v) is 0.794. The summed E-state index contributed by atoms with van der Waals surface area (Å²) >= 11 is 0. The van der Waals surface area contributed by atoms with Crippen molar-refractivity contribution < 1.29 is 5.11 Å². The summed E-state index contributed by atoms with van der Waals surface area (Å²) in [6.07, 6.45) is 3.50. The van der Waals surface area contributed by atoms with E-state index in [4.69, 9.17) is 0 Å². The molecule has 0 amide bonds. The molecule has 0 aliphatic heterocycles.